The zero-order valence-corrected chi connectivity index (χ0v) is 9.88. The van der Waals surface area contributed by atoms with Gasteiger partial charge in [-0.15, -0.1) is 0 Å². The van der Waals surface area contributed by atoms with Crippen LogP contribution in [-0.2, 0) is 4.74 Å². The van der Waals surface area contributed by atoms with Crippen molar-refractivity contribution in [3.05, 3.63) is 0 Å². The Morgan fingerprint density at radius 2 is 2.07 bits per heavy atom. The van der Waals surface area contributed by atoms with Crippen molar-refractivity contribution >= 4 is 0 Å². The Hall–Kier alpha value is -0.0800. The van der Waals surface area contributed by atoms with Crippen LogP contribution in [0.25, 0.3) is 0 Å². The summed E-state index contributed by atoms with van der Waals surface area (Å²) in [5.41, 5.74) is 0. The molecule has 0 amide bonds. The Bertz CT molecular complexity index is 143. The molecule has 14 heavy (non-hydrogen) atoms. The van der Waals surface area contributed by atoms with Gasteiger partial charge in [0, 0.05) is 19.8 Å². The second-order valence-corrected chi connectivity index (χ2v) is 4.96. The van der Waals surface area contributed by atoms with E-state index in [4.69, 9.17) is 4.74 Å². The minimum absolute atomic E-state index is 0.801. The largest absolute Gasteiger partial charge is 0.385 e. The van der Waals surface area contributed by atoms with Crippen LogP contribution in [0, 0.1) is 11.8 Å². The Morgan fingerprint density at radius 1 is 1.36 bits per heavy atom. The summed E-state index contributed by atoms with van der Waals surface area (Å²) >= 11 is 0. The number of rotatable bonds is 8. The van der Waals surface area contributed by atoms with Crippen LogP contribution in [0.3, 0.4) is 0 Å². The maximum absolute atomic E-state index is 5.15. The van der Waals surface area contributed by atoms with E-state index in [1.165, 1.54) is 32.2 Å². The molecule has 2 nitrogen and oxygen atoms in total. The number of methoxy groups -OCH3 is 1. The first-order valence-corrected chi connectivity index (χ1v) is 5.94. The molecular weight excluding hydrogens is 174 g/mol. The Labute approximate surface area is 88.4 Å². The Morgan fingerprint density at radius 3 is 2.57 bits per heavy atom. The first kappa shape index (κ1) is 12.0. The number of nitrogens with one attached hydrogen (secondary N) is 1. The van der Waals surface area contributed by atoms with Gasteiger partial charge in [0.25, 0.3) is 0 Å². The van der Waals surface area contributed by atoms with E-state index in [1.54, 1.807) is 7.11 Å². The highest BCUT2D eigenvalue weighted by Gasteiger charge is 2.22. The van der Waals surface area contributed by atoms with E-state index in [0.717, 1.165) is 24.5 Å². The van der Waals surface area contributed by atoms with Crippen LogP contribution in [0.4, 0.5) is 0 Å². The molecule has 1 saturated carbocycles. The van der Waals surface area contributed by atoms with Crippen molar-refractivity contribution in [2.24, 2.45) is 11.8 Å². The van der Waals surface area contributed by atoms with Crippen LogP contribution in [0.2, 0.25) is 0 Å². The molecule has 1 unspecified atom stereocenters. The van der Waals surface area contributed by atoms with Crippen LogP contribution in [0.5, 0.6) is 0 Å². The molecule has 0 saturated heterocycles. The molecule has 0 radical (unpaired) electrons. The lowest BCUT2D eigenvalue weighted by molar-refractivity contribution is 0.170. The van der Waals surface area contributed by atoms with Crippen molar-refractivity contribution in [1.82, 2.24) is 5.32 Å². The molecule has 1 rings (SSSR count). The first-order valence-electron chi connectivity index (χ1n) is 5.94. The summed E-state index contributed by atoms with van der Waals surface area (Å²) < 4.78 is 5.15. The molecular formula is C12H25NO. The van der Waals surface area contributed by atoms with Crippen LogP contribution in [0.1, 0.15) is 39.5 Å². The van der Waals surface area contributed by atoms with Gasteiger partial charge in [0.15, 0.2) is 0 Å². The van der Waals surface area contributed by atoms with E-state index in [1.807, 2.05) is 0 Å². The lowest BCUT2D eigenvalue weighted by Crippen LogP contribution is -2.26. The third kappa shape index (κ3) is 5.61. The number of hydrogen-bond donors (Lipinski definition) is 1. The van der Waals surface area contributed by atoms with E-state index >= 15 is 0 Å². The lowest BCUT2D eigenvalue weighted by Gasteiger charge is -2.19. The topological polar surface area (TPSA) is 21.3 Å². The first-order chi connectivity index (χ1) is 6.72. The summed E-state index contributed by atoms with van der Waals surface area (Å²) in [5.74, 6) is 1.61. The highest BCUT2D eigenvalue weighted by molar-refractivity contribution is 4.82. The normalized spacial score (nSPS) is 18.9. The lowest BCUT2D eigenvalue weighted by atomic mass is 9.94. The fourth-order valence-corrected chi connectivity index (χ4v) is 1.88. The highest BCUT2D eigenvalue weighted by Crippen LogP contribution is 2.21. The van der Waals surface area contributed by atoms with Crippen molar-refractivity contribution in [2.45, 2.75) is 45.6 Å². The molecule has 2 heteroatoms. The molecule has 0 aromatic rings. The monoisotopic (exact) mass is 199 g/mol. The minimum Gasteiger partial charge on any atom is -0.385 e. The summed E-state index contributed by atoms with van der Waals surface area (Å²) in [7, 11) is 1.79. The summed E-state index contributed by atoms with van der Waals surface area (Å²) in [6.07, 6.45) is 5.30. The summed E-state index contributed by atoms with van der Waals surface area (Å²) in [5, 5.41) is 3.62. The zero-order valence-electron chi connectivity index (χ0n) is 9.88. The standard InChI is InChI=1S/C12H25NO/c1-10(2)8-11(6-7-14-3)9-13-12-4-5-12/h10-13H,4-9H2,1-3H3. The van der Waals surface area contributed by atoms with Crippen molar-refractivity contribution in [3.8, 4) is 0 Å². The van der Waals surface area contributed by atoms with E-state index in [-0.39, 0.29) is 0 Å². The molecule has 0 aliphatic heterocycles. The molecule has 0 bridgehead atoms. The third-order valence-corrected chi connectivity index (χ3v) is 2.81. The van der Waals surface area contributed by atoms with Gasteiger partial charge in [0.2, 0.25) is 0 Å². The molecule has 0 aromatic carbocycles. The smallest absolute Gasteiger partial charge is 0.0465 e. The fourth-order valence-electron chi connectivity index (χ4n) is 1.88. The number of ether oxygens (including phenoxy) is 1. The average Bonchev–Trinajstić information content (AvgIpc) is 2.92. The van der Waals surface area contributed by atoms with Crippen molar-refractivity contribution in [2.75, 3.05) is 20.3 Å². The maximum Gasteiger partial charge on any atom is 0.0465 e. The van der Waals surface area contributed by atoms with E-state index in [0.29, 0.717) is 0 Å². The summed E-state index contributed by atoms with van der Waals surface area (Å²) in [4.78, 5) is 0. The van der Waals surface area contributed by atoms with E-state index in [2.05, 4.69) is 19.2 Å². The SMILES string of the molecule is COCCC(CNC1CC1)CC(C)C. The summed E-state index contributed by atoms with van der Waals surface area (Å²) in [6, 6.07) is 0.840. The van der Waals surface area contributed by atoms with Gasteiger partial charge >= 0.3 is 0 Å². The predicted octanol–water partition coefficient (Wildman–Crippen LogP) is 2.44. The van der Waals surface area contributed by atoms with Crippen molar-refractivity contribution in [1.29, 1.82) is 0 Å². The predicted molar refractivity (Wildman–Crippen MR) is 60.5 cm³/mol. The van der Waals surface area contributed by atoms with Gasteiger partial charge in [-0.05, 0) is 44.1 Å². The molecule has 1 aliphatic rings. The maximum atomic E-state index is 5.15. The molecule has 1 N–H and O–H groups in total. The quantitative estimate of drug-likeness (QED) is 0.648. The molecule has 0 heterocycles. The van der Waals surface area contributed by atoms with Gasteiger partial charge in [-0.1, -0.05) is 13.8 Å². The summed E-state index contributed by atoms with van der Waals surface area (Å²) in [6.45, 7) is 6.70. The van der Waals surface area contributed by atoms with Gasteiger partial charge in [-0.3, -0.25) is 0 Å². The molecule has 1 atom stereocenters. The molecule has 1 aliphatic carbocycles. The average molecular weight is 199 g/mol. The second kappa shape index (κ2) is 6.41. The third-order valence-electron chi connectivity index (χ3n) is 2.81. The molecule has 1 fully saturated rings. The van der Waals surface area contributed by atoms with Crippen molar-refractivity contribution < 1.29 is 4.74 Å². The van der Waals surface area contributed by atoms with Gasteiger partial charge in [-0.2, -0.15) is 0 Å². The Kier molecular flexibility index (Phi) is 5.49. The number of hydrogen-bond acceptors (Lipinski definition) is 2. The van der Waals surface area contributed by atoms with Crippen molar-refractivity contribution in [3.63, 3.8) is 0 Å². The van der Waals surface area contributed by atoms with E-state index in [9.17, 15) is 0 Å². The molecule has 0 aromatic heterocycles. The van der Waals surface area contributed by atoms with Crippen LogP contribution in [-0.4, -0.2) is 26.3 Å². The van der Waals surface area contributed by atoms with Gasteiger partial charge in [0.05, 0.1) is 0 Å². The van der Waals surface area contributed by atoms with Crippen LogP contribution < -0.4 is 5.32 Å². The minimum atomic E-state index is 0.801. The fraction of sp³-hybridized carbons (Fsp3) is 1.00. The Balaban J connectivity index is 2.12. The highest BCUT2D eigenvalue weighted by atomic mass is 16.5. The van der Waals surface area contributed by atoms with Gasteiger partial charge < -0.3 is 10.1 Å². The van der Waals surface area contributed by atoms with Gasteiger partial charge in [0.1, 0.15) is 0 Å². The zero-order chi connectivity index (χ0) is 10.4. The van der Waals surface area contributed by atoms with Crippen LogP contribution >= 0.6 is 0 Å². The second-order valence-electron chi connectivity index (χ2n) is 4.96. The van der Waals surface area contributed by atoms with E-state index < -0.39 is 0 Å². The molecule has 0 spiro atoms. The van der Waals surface area contributed by atoms with Crippen LogP contribution in [0.15, 0.2) is 0 Å². The molecule has 84 valence electrons. The van der Waals surface area contributed by atoms with Gasteiger partial charge in [-0.25, -0.2) is 0 Å².